The molecule has 26 heavy (non-hydrogen) atoms. The summed E-state index contributed by atoms with van der Waals surface area (Å²) in [4.78, 5) is 6.48. The number of piperidine rings is 1. The average Bonchev–Trinajstić information content (AvgIpc) is 3.11. The van der Waals surface area contributed by atoms with Crippen LogP contribution in [0, 0.1) is 5.82 Å². The third-order valence-electron chi connectivity index (χ3n) is 4.65. The molecular formula is C18H22F3N3OS. The first kappa shape index (κ1) is 19.3. The van der Waals surface area contributed by atoms with Gasteiger partial charge in [0.1, 0.15) is 11.5 Å². The average molecular weight is 385 g/mol. The summed E-state index contributed by atoms with van der Waals surface area (Å²) in [7, 11) is 0. The lowest BCUT2D eigenvalue weighted by molar-refractivity contribution is -0.0107. The van der Waals surface area contributed by atoms with Gasteiger partial charge in [-0.25, -0.2) is 18.2 Å². The second-order valence-electron chi connectivity index (χ2n) is 6.33. The van der Waals surface area contributed by atoms with Crippen molar-refractivity contribution in [3.8, 4) is 0 Å². The molecule has 1 aromatic carbocycles. The molecule has 1 aliphatic heterocycles. The Morgan fingerprint density at radius 3 is 2.73 bits per heavy atom. The molecule has 4 nitrogen and oxygen atoms in total. The molecule has 1 aromatic heterocycles. The van der Waals surface area contributed by atoms with Gasteiger partial charge in [0.05, 0.1) is 29.1 Å². The Morgan fingerprint density at radius 2 is 2.08 bits per heavy atom. The van der Waals surface area contributed by atoms with Gasteiger partial charge in [0.25, 0.3) is 6.43 Å². The van der Waals surface area contributed by atoms with Crippen LogP contribution in [0.3, 0.4) is 0 Å². The summed E-state index contributed by atoms with van der Waals surface area (Å²) >= 11 is 1.23. The minimum Gasteiger partial charge on any atom is -0.373 e. The van der Waals surface area contributed by atoms with Crippen molar-refractivity contribution in [2.45, 2.75) is 38.0 Å². The predicted octanol–water partition coefficient (Wildman–Crippen LogP) is 3.90. The van der Waals surface area contributed by atoms with Crippen LogP contribution in [0.2, 0.25) is 0 Å². The molecule has 0 amide bonds. The summed E-state index contributed by atoms with van der Waals surface area (Å²) in [5, 5.41) is 0. The van der Waals surface area contributed by atoms with E-state index in [2.05, 4.69) is 9.88 Å². The number of benzene rings is 1. The Labute approximate surface area is 154 Å². The monoisotopic (exact) mass is 385 g/mol. The maximum atomic E-state index is 13.2. The molecule has 1 aliphatic rings. The number of hydrogen-bond donors (Lipinski definition) is 1. The van der Waals surface area contributed by atoms with E-state index in [1.165, 1.54) is 29.0 Å². The number of aromatic nitrogens is 1. The lowest BCUT2D eigenvalue weighted by Gasteiger charge is -2.36. The second kappa shape index (κ2) is 8.94. The molecule has 2 aromatic rings. The van der Waals surface area contributed by atoms with Crippen LogP contribution in [0.15, 0.2) is 29.8 Å². The second-order valence-corrected chi connectivity index (χ2v) is 7.22. The van der Waals surface area contributed by atoms with Crippen LogP contribution in [-0.4, -0.2) is 35.6 Å². The molecular weight excluding hydrogens is 363 g/mol. The molecule has 0 bridgehead atoms. The molecule has 1 saturated heterocycles. The van der Waals surface area contributed by atoms with Crippen molar-refractivity contribution in [3.63, 3.8) is 0 Å². The number of nitrogens with zero attached hydrogens (tertiary/aromatic N) is 2. The minimum atomic E-state index is -2.59. The summed E-state index contributed by atoms with van der Waals surface area (Å²) in [6.45, 7) is 2.08. The maximum Gasteiger partial charge on any atom is 0.281 e. The SMILES string of the molecule is NCC(c1scnc1C(F)F)N1CCC(OCc2cccc(F)c2)CC1. The van der Waals surface area contributed by atoms with Crippen molar-refractivity contribution in [2.24, 2.45) is 5.73 Å². The zero-order valence-electron chi connectivity index (χ0n) is 14.3. The first-order valence-corrected chi connectivity index (χ1v) is 9.48. The highest BCUT2D eigenvalue weighted by Gasteiger charge is 2.30. The smallest absolute Gasteiger partial charge is 0.281 e. The Morgan fingerprint density at radius 1 is 1.31 bits per heavy atom. The number of nitrogens with two attached hydrogens (primary N) is 1. The van der Waals surface area contributed by atoms with Gasteiger partial charge in [0, 0.05) is 19.6 Å². The first-order chi connectivity index (χ1) is 12.6. The van der Waals surface area contributed by atoms with E-state index in [0.29, 0.717) is 11.5 Å². The minimum absolute atomic E-state index is 0.0731. The fraction of sp³-hybridized carbons (Fsp3) is 0.500. The zero-order valence-corrected chi connectivity index (χ0v) is 15.1. The Balaban J connectivity index is 1.54. The molecule has 0 spiro atoms. The van der Waals surface area contributed by atoms with Crippen LogP contribution in [-0.2, 0) is 11.3 Å². The van der Waals surface area contributed by atoms with E-state index in [9.17, 15) is 13.2 Å². The summed E-state index contributed by atoms with van der Waals surface area (Å²) < 4.78 is 45.3. The highest BCUT2D eigenvalue weighted by Crippen LogP contribution is 2.34. The van der Waals surface area contributed by atoms with Crippen LogP contribution < -0.4 is 5.73 Å². The van der Waals surface area contributed by atoms with Crippen molar-refractivity contribution in [1.29, 1.82) is 0 Å². The van der Waals surface area contributed by atoms with E-state index < -0.39 is 6.43 Å². The van der Waals surface area contributed by atoms with Crippen molar-refractivity contribution >= 4 is 11.3 Å². The summed E-state index contributed by atoms with van der Waals surface area (Å²) in [6.07, 6.45) is -0.940. The fourth-order valence-corrected chi connectivity index (χ4v) is 4.24. The number of hydrogen-bond acceptors (Lipinski definition) is 5. The normalized spacial score (nSPS) is 17.7. The molecule has 1 fully saturated rings. The molecule has 8 heteroatoms. The Hall–Kier alpha value is -1.48. The number of thiazole rings is 1. The molecule has 0 aliphatic carbocycles. The van der Waals surface area contributed by atoms with Gasteiger partial charge >= 0.3 is 0 Å². The highest BCUT2D eigenvalue weighted by atomic mass is 32.1. The molecule has 0 saturated carbocycles. The molecule has 1 atom stereocenters. The standard InChI is InChI=1S/C18H22F3N3OS/c19-13-3-1-2-12(8-13)10-25-14-4-6-24(7-5-14)15(9-22)17-16(18(20)21)23-11-26-17/h1-3,8,11,14-15,18H,4-7,9-10,22H2. The van der Waals surface area contributed by atoms with Gasteiger partial charge in [0.2, 0.25) is 0 Å². The first-order valence-electron chi connectivity index (χ1n) is 8.60. The van der Waals surface area contributed by atoms with E-state index in [4.69, 9.17) is 10.5 Å². The fourth-order valence-electron chi connectivity index (χ4n) is 3.29. The molecule has 0 radical (unpaired) electrons. The number of alkyl halides is 2. The predicted molar refractivity (Wildman–Crippen MR) is 94.7 cm³/mol. The van der Waals surface area contributed by atoms with Crippen LogP contribution in [0.5, 0.6) is 0 Å². The molecule has 1 unspecified atom stereocenters. The largest absolute Gasteiger partial charge is 0.373 e. The van der Waals surface area contributed by atoms with Gasteiger partial charge < -0.3 is 10.5 Å². The lowest BCUT2D eigenvalue weighted by atomic mass is 10.0. The van der Waals surface area contributed by atoms with E-state index in [1.54, 1.807) is 6.07 Å². The lowest BCUT2D eigenvalue weighted by Crippen LogP contribution is -2.41. The molecule has 2 heterocycles. The number of rotatable bonds is 7. The van der Waals surface area contributed by atoms with Crippen LogP contribution in [0.4, 0.5) is 13.2 Å². The number of likely N-dealkylation sites (tertiary alicyclic amines) is 1. The third kappa shape index (κ3) is 4.62. The molecule has 142 valence electrons. The van der Waals surface area contributed by atoms with E-state index in [1.807, 2.05) is 6.07 Å². The Kier molecular flexibility index (Phi) is 6.63. The quantitative estimate of drug-likeness (QED) is 0.785. The van der Waals surface area contributed by atoms with E-state index in [0.717, 1.165) is 31.5 Å². The van der Waals surface area contributed by atoms with Crippen molar-refractivity contribution in [3.05, 3.63) is 51.7 Å². The van der Waals surface area contributed by atoms with E-state index >= 15 is 0 Å². The van der Waals surface area contributed by atoms with Gasteiger partial charge in [-0.15, -0.1) is 11.3 Å². The maximum absolute atomic E-state index is 13.2. The van der Waals surface area contributed by atoms with Gasteiger partial charge in [0.15, 0.2) is 0 Å². The van der Waals surface area contributed by atoms with Gasteiger partial charge in [-0.2, -0.15) is 0 Å². The molecule has 3 rings (SSSR count). The van der Waals surface area contributed by atoms with Crippen LogP contribution in [0.1, 0.15) is 41.4 Å². The van der Waals surface area contributed by atoms with Gasteiger partial charge in [-0.05, 0) is 30.5 Å². The van der Waals surface area contributed by atoms with Crippen molar-refractivity contribution in [1.82, 2.24) is 9.88 Å². The Bertz CT molecular complexity index is 704. The van der Waals surface area contributed by atoms with Gasteiger partial charge in [-0.1, -0.05) is 12.1 Å². The molecule has 2 N–H and O–H groups in total. The number of ether oxygens (including phenoxy) is 1. The zero-order chi connectivity index (χ0) is 18.5. The summed E-state index contributed by atoms with van der Waals surface area (Å²) in [5.41, 5.74) is 7.97. The van der Waals surface area contributed by atoms with E-state index in [-0.39, 0.29) is 30.2 Å². The van der Waals surface area contributed by atoms with Crippen LogP contribution >= 0.6 is 11.3 Å². The van der Waals surface area contributed by atoms with Crippen LogP contribution in [0.25, 0.3) is 0 Å². The summed E-state index contributed by atoms with van der Waals surface area (Å²) in [6, 6.07) is 6.13. The van der Waals surface area contributed by atoms with Gasteiger partial charge in [-0.3, -0.25) is 4.90 Å². The summed E-state index contributed by atoms with van der Waals surface area (Å²) in [5.74, 6) is -0.272. The van der Waals surface area contributed by atoms with Crippen molar-refractivity contribution in [2.75, 3.05) is 19.6 Å². The number of halogens is 3. The van der Waals surface area contributed by atoms with Crippen molar-refractivity contribution < 1.29 is 17.9 Å². The topological polar surface area (TPSA) is 51.4 Å². The third-order valence-corrected chi connectivity index (χ3v) is 5.59. The highest BCUT2D eigenvalue weighted by molar-refractivity contribution is 7.09.